The number of nitrogens with two attached hydrogens (primary N) is 1. The first-order valence-corrected chi connectivity index (χ1v) is 12.5. The molecule has 0 saturated heterocycles. The molecule has 0 aliphatic carbocycles. The zero-order valence-electron chi connectivity index (χ0n) is 22.0. The number of aromatic nitrogens is 1. The molecule has 7 nitrogen and oxygen atoms in total. The van der Waals surface area contributed by atoms with Gasteiger partial charge < -0.3 is 16.0 Å². The van der Waals surface area contributed by atoms with Crippen molar-refractivity contribution in [3.05, 3.63) is 41.1 Å². The molecule has 1 aromatic carbocycles. The highest BCUT2D eigenvalue weighted by Crippen LogP contribution is 2.34. The zero-order valence-corrected chi connectivity index (χ0v) is 22.0. The quantitative estimate of drug-likeness (QED) is 0.374. The lowest BCUT2D eigenvalue weighted by Gasteiger charge is -2.27. The van der Waals surface area contributed by atoms with Crippen LogP contribution in [0.25, 0.3) is 0 Å². The Hall–Kier alpha value is -3.09. The van der Waals surface area contributed by atoms with Crippen LogP contribution in [0.5, 0.6) is 0 Å². The van der Waals surface area contributed by atoms with Gasteiger partial charge in [-0.15, -0.1) is 0 Å². The summed E-state index contributed by atoms with van der Waals surface area (Å²) < 4.78 is 0. The van der Waals surface area contributed by atoms with E-state index in [9.17, 15) is 4.79 Å². The van der Waals surface area contributed by atoms with E-state index in [1.54, 1.807) is 18.2 Å². The molecular weight excluding hydrogens is 424 g/mol. The van der Waals surface area contributed by atoms with Crippen LogP contribution in [0.2, 0.25) is 0 Å². The third-order valence-corrected chi connectivity index (χ3v) is 6.35. The largest absolute Gasteiger partial charge is 0.398 e. The number of anilines is 4. The van der Waals surface area contributed by atoms with Gasteiger partial charge in [-0.25, -0.2) is 9.78 Å². The van der Waals surface area contributed by atoms with E-state index in [1.165, 1.54) is 12.1 Å². The van der Waals surface area contributed by atoms with Crippen LogP contribution in [0.4, 0.5) is 27.7 Å². The van der Waals surface area contributed by atoms with Gasteiger partial charge in [0.25, 0.3) is 0 Å². The van der Waals surface area contributed by atoms with Gasteiger partial charge in [-0.05, 0) is 56.4 Å². The van der Waals surface area contributed by atoms with Gasteiger partial charge in [0.1, 0.15) is 5.82 Å². The number of amides is 2. The van der Waals surface area contributed by atoms with Crippen LogP contribution in [0.3, 0.4) is 0 Å². The van der Waals surface area contributed by atoms with Crippen molar-refractivity contribution in [3.8, 4) is 0 Å². The number of pyridine rings is 1. The number of rotatable bonds is 8. The van der Waals surface area contributed by atoms with Gasteiger partial charge in [0.05, 0.1) is 0 Å². The maximum atomic E-state index is 13.2. The Morgan fingerprint density at radius 3 is 2.74 bits per heavy atom. The molecule has 2 aromatic rings. The first-order chi connectivity index (χ1) is 16.4. The average Bonchev–Trinajstić information content (AvgIpc) is 3.28. The Balaban J connectivity index is 0.00000199. The van der Waals surface area contributed by atoms with Crippen molar-refractivity contribution in [2.75, 3.05) is 47.5 Å². The van der Waals surface area contributed by atoms with Gasteiger partial charge >= 0.3 is 6.03 Å². The van der Waals surface area contributed by atoms with Gasteiger partial charge in [0.15, 0.2) is 0 Å². The number of nitrogens with one attached hydrogen (secondary N) is 1. The molecule has 1 aliphatic rings. The molecule has 2 amide bonds. The van der Waals surface area contributed by atoms with Crippen LogP contribution in [0.15, 0.2) is 29.4 Å². The fourth-order valence-electron chi connectivity index (χ4n) is 4.11. The fraction of sp³-hybridized carbons (Fsp3) is 0.519. The predicted molar refractivity (Wildman–Crippen MR) is 147 cm³/mol. The van der Waals surface area contributed by atoms with Crippen molar-refractivity contribution in [1.29, 1.82) is 0 Å². The second kappa shape index (κ2) is 13.0. The van der Waals surface area contributed by atoms with E-state index >= 15 is 0 Å². The highest BCUT2D eigenvalue weighted by atomic mass is 16.2. The van der Waals surface area contributed by atoms with Crippen molar-refractivity contribution >= 4 is 35.1 Å². The minimum absolute atomic E-state index is 0.177. The summed E-state index contributed by atoms with van der Waals surface area (Å²) in [6.07, 6.45) is 6.67. The van der Waals surface area contributed by atoms with Gasteiger partial charge in [-0.2, -0.15) is 0 Å². The first-order valence-electron chi connectivity index (χ1n) is 12.5. The lowest BCUT2D eigenvalue weighted by Crippen LogP contribution is -2.34. The molecular formula is C27H42N6O. The fourth-order valence-corrected chi connectivity index (χ4v) is 4.11. The van der Waals surface area contributed by atoms with Crippen LogP contribution in [0.1, 0.15) is 64.2 Å². The minimum atomic E-state index is -0.177. The number of hydrogen-bond acceptors (Lipinski definition) is 5. The van der Waals surface area contributed by atoms with Gasteiger partial charge in [0, 0.05) is 67.3 Å². The van der Waals surface area contributed by atoms with E-state index in [1.807, 2.05) is 39.1 Å². The van der Waals surface area contributed by atoms with Crippen molar-refractivity contribution in [2.24, 2.45) is 10.9 Å². The number of carbonyl (C=O) groups is 1. The maximum absolute atomic E-state index is 13.2. The molecule has 1 unspecified atom stereocenters. The molecule has 0 radical (unpaired) electrons. The third kappa shape index (κ3) is 6.27. The highest BCUT2D eigenvalue weighted by Gasteiger charge is 2.29. The lowest BCUT2D eigenvalue weighted by atomic mass is 10.0. The molecule has 0 spiro atoms. The van der Waals surface area contributed by atoms with Crippen LogP contribution in [-0.2, 0) is 6.42 Å². The standard InChI is InChI=1S/C25H36N6O.C2H6/c1-6-17(3)9-12-30(7-2)23-8-11-28-24-20(23)10-13-31(24)25(32)29-22-15-19(16-27-5)21(26)14-18(22)4;1-2/h8,11,14-17H,6-7,9-10,12-13,26H2,1-5H3,(H,29,32);1-2H3. The van der Waals surface area contributed by atoms with Crippen molar-refractivity contribution in [1.82, 2.24) is 4.98 Å². The summed E-state index contributed by atoms with van der Waals surface area (Å²) in [6, 6.07) is 5.63. The van der Waals surface area contributed by atoms with Crippen LogP contribution in [-0.4, -0.2) is 43.9 Å². The number of nitrogen functional groups attached to an aromatic ring is 1. The molecule has 1 atom stereocenters. The lowest BCUT2D eigenvalue weighted by molar-refractivity contribution is 0.257. The van der Waals surface area contributed by atoms with Crippen LogP contribution < -0.4 is 20.9 Å². The molecule has 0 saturated carbocycles. The summed E-state index contributed by atoms with van der Waals surface area (Å²) >= 11 is 0. The summed E-state index contributed by atoms with van der Waals surface area (Å²) in [5.74, 6) is 1.46. The third-order valence-electron chi connectivity index (χ3n) is 6.35. The van der Waals surface area contributed by atoms with Gasteiger partial charge in [-0.1, -0.05) is 34.1 Å². The molecule has 1 aromatic heterocycles. The minimum Gasteiger partial charge on any atom is -0.398 e. The van der Waals surface area contributed by atoms with E-state index in [2.05, 4.69) is 47.0 Å². The Morgan fingerprint density at radius 1 is 1.35 bits per heavy atom. The number of aryl methyl sites for hydroxylation is 1. The number of nitrogens with zero attached hydrogens (tertiary/aromatic N) is 4. The van der Waals surface area contributed by atoms with Gasteiger partial charge in [0.2, 0.25) is 0 Å². The Morgan fingerprint density at radius 2 is 2.09 bits per heavy atom. The summed E-state index contributed by atoms with van der Waals surface area (Å²) in [6.45, 7) is 15.2. The van der Waals surface area contributed by atoms with E-state index in [-0.39, 0.29) is 6.03 Å². The van der Waals surface area contributed by atoms with Crippen molar-refractivity contribution in [2.45, 2.75) is 60.8 Å². The van der Waals surface area contributed by atoms with Crippen molar-refractivity contribution < 1.29 is 4.79 Å². The highest BCUT2D eigenvalue weighted by molar-refractivity contribution is 6.04. The zero-order chi connectivity index (χ0) is 25.3. The molecule has 3 rings (SSSR count). The topological polar surface area (TPSA) is 86.9 Å². The number of hydrogen-bond donors (Lipinski definition) is 2. The smallest absolute Gasteiger partial charge is 0.327 e. The molecule has 3 N–H and O–H groups in total. The van der Waals surface area contributed by atoms with E-state index < -0.39 is 0 Å². The van der Waals surface area contributed by atoms with Crippen LogP contribution in [0, 0.1) is 12.8 Å². The van der Waals surface area contributed by atoms with Gasteiger partial charge in [-0.3, -0.25) is 9.89 Å². The predicted octanol–water partition coefficient (Wildman–Crippen LogP) is 5.90. The Kier molecular flexibility index (Phi) is 10.4. The molecule has 186 valence electrons. The van der Waals surface area contributed by atoms with Crippen molar-refractivity contribution in [3.63, 3.8) is 0 Å². The average molecular weight is 467 g/mol. The Bertz CT molecular complexity index is 987. The second-order valence-electron chi connectivity index (χ2n) is 8.53. The molecule has 1 aliphatic heterocycles. The van der Waals surface area contributed by atoms with E-state index in [0.717, 1.165) is 54.1 Å². The molecule has 2 heterocycles. The monoisotopic (exact) mass is 466 g/mol. The van der Waals surface area contributed by atoms with E-state index in [0.29, 0.717) is 18.2 Å². The second-order valence-corrected chi connectivity index (χ2v) is 8.53. The number of fused-ring (bicyclic) bond motifs is 1. The van der Waals surface area contributed by atoms with Crippen LogP contribution >= 0.6 is 0 Å². The molecule has 0 fully saturated rings. The normalized spacial score (nSPS) is 13.3. The number of benzene rings is 1. The molecule has 0 bridgehead atoms. The van der Waals surface area contributed by atoms with E-state index in [4.69, 9.17) is 5.73 Å². The SMILES string of the molecule is CC.CCC(C)CCN(CC)c1ccnc2c1CCN2C(=O)Nc1cc(C=NC)c(N)cc1C. The number of aliphatic imine (C=N–C) groups is 1. The number of urea groups is 1. The molecule has 7 heteroatoms. The summed E-state index contributed by atoms with van der Waals surface area (Å²) in [7, 11) is 1.70. The number of carbonyl (C=O) groups excluding carboxylic acids is 1. The first kappa shape index (κ1) is 27.2. The maximum Gasteiger partial charge on any atom is 0.327 e. The molecule has 34 heavy (non-hydrogen) atoms. The summed E-state index contributed by atoms with van der Waals surface area (Å²) in [5, 5.41) is 3.05. The Labute approximate surface area is 205 Å². The summed E-state index contributed by atoms with van der Waals surface area (Å²) in [4.78, 5) is 26.0. The summed E-state index contributed by atoms with van der Waals surface area (Å²) in [5.41, 5.74) is 11.5.